The summed E-state index contributed by atoms with van der Waals surface area (Å²) in [6, 6.07) is 7.48. The zero-order valence-electron chi connectivity index (χ0n) is 9.56. The van der Waals surface area contributed by atoms with Crippen LogP contribution in [0.3, 0.4) is 0 Å². The van der Waals surface area contributed by atoms with Crippen molar-refractivity contribution in [3.05, 3.63) is 29.8 Å². The fourth-order valence-electron chi connectivity index (χ4n) is 1.11. The van der Waals surface area contributed by atoms with Gasteiger partial charge in [-0.05, 0) is 19.1 Å². The molecule has 3 heteroatoms. The van der Waals surface area contributed by atoms with E-state index in [4.69, 9.17) is 14.6 Å². The molecule has 1 aromatic rings. The van der Waals surface area contributed by atoms with Crippen LogP contribution in [0.25, 0.3) is 0 Å². The van der Waals surface area contributed by atoms with E-state index in [0.717, 1.165) is 5.56 Å². The largest absolute Gasteiger partial charge is 0.490 e. The number of benzene rings is 1. The summed E-state index contributed by atoms with van der Waals surface area (Å²) in [6.45, 7) is 2.26. The molecule has 0 aliphatic rings. The van der Waals surface area contributed by atoms with Gasteiger partial charge >= 0.3 is 0 Å². The van der Waals surface area contributed by atoms with E-state index in [9.17, 15) is 0 Å². The summed E-state index contributed by atoms with van der Waals surface area (Å²) in [4.78, 5) is 0. The molecule has 0 bridgehead atoms. The van der Waals surface area contributed by atoms with Crippen molar-refractivity contribution in [3.8, 4) is 17.6 Å². The van der Waals surface area contributed by atoms with E-state index in [2.05, 4.69) is 11.8 Å². The van der Waals surface area contributed by atoms with Crippen LogP contribution >= 0.6 is 0 Å². The minimum Gasteiger partial charge on any atom is -0.490 e. The molecule has 1 aromatic carbocycles. The molecule has 0 aliphatic heterocycles. The molecule has 0 radical (unpaired) electrons. The zero-order valence-corrected chi connectivity index (χ0v) is 9.56. The van der Waals surface area contributed by atoms with Crippen molar-refractivity contribution >= 4 is 0 Å². The molecule has 1 rings (SSSR count). The van der Waals surface area contributed by atoms with Crippen LogP contribution in [0.5, 0.6) is 5.75 Å². The van der Waals surface area contributed by atoms with E-state index in [1.54, 1.807) is 7.11 Å². The van der Waals surface area contributed by atoms with Crippen molar-refractivity contribution < 1.29 is 14.6 Å². The van der Waals surface area contributed by atoms with Crippen LogP contribution in [-0.4, -0.2) is 31.5 Å². The fraction of sp³-hybridized carbons (Fsp3) is 0.385. The average molecular weight is 220 g/mol. The zero-order chi connectivity index (χ0) is 11.8. The van der Waals surface area contributed by atoms with Gasteiger partial charge in [0.2, 0.25) is 0 Å². The summed E-state index contributed by atoms with van der Waals surface area (Å²) >= 11 is 0. The predicted octanol–water partition coefficient (Wildman–Crippen LogP) is 1.44. The standard InChI is InChI=1S/C13H16O3/c1-11(15-2)10-16-13-8-4-3-6-12(13)7-5-9-14/h3-4,6,8,11,14H,9-10H2,1-2H3. The van der Waals surface area contributed by atoms with E-state index in [1.807, 2.05) is 31.2 Å². The van der Waals surface area contributed by atoms with Crippen LogP contribution in [0.1, 0.15) is 12.5 Å². The Morgan fingerprint density at radius 3 is 2.81 bits per heavy atom. The maximum Gasteiger partial charge on any atom is 0.135 e. The van der Waals surface area contributed by atoms with Gasteiger partial charge in [-0.1, -0.05) is 24.0 Å². The predicted molar refractivity (Wildman–Crippen MR) is 62.4 cm³/mol. The van der Waals surface area contributed by atoms with Crippen molar-refractivity contribution in [2.45, 2.75) is 13.0 Å². The van der Waals surface area contributed by atoms with Crippen LogP contribution in [-0.2, 0) is 4.74 Å². The first-order chi connectivity index (χ1) is 7.77. The third-order valence-electron chi connectivity index (χ3n) is 2.07. The molecule has 0 fully saturated rings. The van der Waals surface area contributed by atoms with Crippen LogP contribution in [0.15, 0.2) is 24.3 Å². The lowest BCUT2D eigenvalue weighted by Crippen LogP contribution is -2.16. The molecule has 0 aromatic heterocycles. The molecule has 0 spiro atoms. The highest BCUT2D eigenvalue weighted by Gasteiger charge is 2.03. The van der Waals surface area contributed by atoms with E-state index in [0.29, 0.717) is 12.4 Å². The lowest BCUT2D eigenvalue weighted by Gasteiger charge is -2.12. The van der Waals surface area contributed by atoms with Crippen molar-refractivity contribution in [3.63, 3.8) is 0 Å². The molecule has 0 amide bonds. The van der Waals surface area contributed by atoms with Crippen molar-refractivity contribution in [1.82, 2.24) is 0 Å². The topological polar surface area (TPSA) is 38.7 Å². The quantitative estimate of drug-likeness (QED) is 0.780. The van der Waals surface area contributed by atoms with E-state index in [1.165, 1.54) is 0 Å². The highest BCUT2D eigenvalue weighted by atomic mass is 16.5. The van der Waals surface area contributed by atoms with Gasteiger partial charge in [0.25, 0.3) is 0 Å². The summed E-state index contributed by atoms with van der Waals surface area (Å²) < 4.78 is 10.7. The maximum atomic E-state index is 8.64. The fourth-order valence-corrected chi connectivity index (χ4v) is 1.11. The Morgan fingerprint density at radius 1 is 1.38 bits per heavy atom. The molecule has 16 heavy (non-hydrogen) atoms. The SMILES string of the molecule is COC(C)COc1ccccc1C#CCO. The lowest BCUT2D eigenvalue weighted by atomic mass is 10.2. The monoisotopic (exact) mass is 220 g/mol. The van der Waals surface area contributed by atoms with E-state index in [-0.39, 0.29) is 12.7 Å². The summed E-state index contributed by atoms with van der Waals surface area (Å²) in [7, 11) is 1.64. The Morgan fingerprint density at radius 2 is 2.12 bits per heavy atom. The minimum atomic E-state index is -0.150. The number of hydrogen-bond donors (Lipinski definition) is 1. The number of para-hydroxylation sites is 1. The second-order valence-electron chi connectivity index (χ2n) is 3.31. The minimum absolute atomic E-state index is 0.0406. The maximum absolute atomic E-state index is 8.64. The van der Waals surface area contributed by atoms with Gasteiger partial charge in [0.1, 0.15) is 19.0 Å². The van der Waals surface area contributed by atoms with Crippen LogP contribution in [0.4, 0.5) is 0 Å². The first-order valence-electron chi connectivity index (χ1n) is 5.12. The number of ether oxygens (including phenoxy) is 2. The summed E-state index contributed by atoms with van der Waals surface area (Å²) in [6.07, 6.45) is 0.0406. The number of hydrogen-bond acceptors (Lipinski definition) is 3. The molecule has 0 aliphatic carbocycles. The van der Waals surface area contributed by atoms with Gasteiger partial charge in [-0.3, -0.25) is 0 Å². The smallest absolute Gasteiger partial charge is 0.135 e. The Hall–Kier alpha value is -1.50. The van der Waals surface area contributed by atoms with Gasteiger partial charge in [-0.2, -0.15) is 0 Å². The molecule has 1 atom stereocenters. The van der Waals surface area contributed by atoms with E-state index < -0.39 is 0 Å². The van der Waals surface area contributed by atoms with Crippen molar-refractivity contribution in [2.24, 2.45) is 0 Å². The molecule has 0 saturated carbocycles. The third-order valence-corrected chi connectivity index (χ3v) is 2.07. The molecule has 1 N–H and O–H groups in total. The molecular formula is C13H16O3. The Bertz CT molecular complexity index is 376. The first-order valence-corrected chi connectivity index (χ1v) is 5.12. The van der Waals surface area contributed by atoms with Gasteiger partial charge in [0, 0.05) is 7.11 Å². The Balaban J connectivity index is 2.71. The van der Waals surface area contributed by atoms with Gasteiger partial charge < -0.3 is 14.6 Å². The molecule has 0 heterocycles. The highest BCUT2D eigenvalue weighted by Crippen LogP contribution is 2.16. The van der Waals surface area contributed by atoms with Crippen molar-refractivity contribution in [2.75, 3.05) is 20.3 Å². The average Bonchev–Trinajstić information content (AvgIpc) is 2.34. The van der Waals surface area contributed by atoms with E-state index >= 15 is 0 Å². The summed E-state index contributed by atoms with van der Waals surface area (Å²) in [5, 5.41) is 8.64. The summed E-state index contributed by atoms with van der Waals surface area (Å²) in [5.41, 5.74) is 0.778. The lowest BCUT2D eigenvalue weighted by molar-refractivity contribution is 0.0716. The third kappa shape index (κ3) is 3.93. The molecule has 3 nitrogen and oxygen atoms in total. The van der Waals surface area contributed by atoms with Gasteiger partial charge in [-0.15, -0.1) is 0 Å². The first kappa shape index (κ1) is 12.6. The Labute approximate surface area is 96.0 Å². The van der Waals surface area contributed by atoms with Crippen molar-refractivity contribution in [1.29, 1.82) is 0 Å². The molecule has 86 valence electrons. The van der Waals surface area contributed by atoms with Crippen LogP contribution in [0, 0.1) is 11.8 Å². The number of aliphatic hydroxyl groups excluding tert-OH is 1. The normalized spacial score (nSPS) is 11.4. The van der Waals surface area contributed by atoms with Gasteiger partial charge in [-0.25, -0.2) is 0 Å². The second kappa shape index (κ2) is 6.89. The Kier molecular flexibility index (Phi) is 5.41. The van der Waals surface area contributed by atoms with Crippen LogP contribution in [0.2, 0.25) is 0 Å². The molecule has 0 saturated heterocycles. The second-order valence-corrected chi connectivity index (χ2v) is 3.31. The van der Waals surface area contributed by atoms with Crippen LogP contribution < -0.4 is 4.74 Å². The van der Waals surface area contributed by atoms with Gasteiger partial charge in [0.05, 0.1) is 11.7 Å². The highest BCUT2D eigenvalue weighted by molar-refractivity contribution is 5.45. The number of methoxy groups -OCH3 is 1. The number of rotatable bonds is 4. The van der Waals surface area contributed by atoms with Gasteiger partial charge in [0.15, 0.2) is 0 Å². The molecular weight excluding hydrogens is 204 g/mol. The number of aliphatic hydroxyl groups is 1. The summed E-state index contributed by atoms with van der Waals surface area (Å²) in [5.74, 6) is 6.15. The molecule has 1 unspecified atom stereocenters.